The number of hydrogen-bond donors (Lipinski definition) is 1. The third-order valence-electron chi connectivity index (χ3n) is 4.76. The summed E-state index contributed by atoms with van der Waals surface area (Å²) in [7, 11) is 1.56. The fraction of sp³-hybridized carbons (Fsp3) is 0.500. The fourth-order valence-electron chi connectivity index (χ4n) is 3.14. The summed E-state index contributed by atoms with van der Waals surface area (Å²) in [5.74, 6) is 1.79. The Bertz CT molecular complexity index is 770. The highest BCUT2D eigenvalue weighted by Gasteiger charge is 2.17. The Morgan fingerprint density at radius 3 is 2.81 bits per heavy atom. The van der Waals surface area contributed by atoms with Gasteiger partial charge in [-0.3, -0.25) is 15.0 Å². The molecule has 1 aromatic heterocycles. The normalized spacial score (nSPS) is 15.5. The molecule has 0 saturated carbocycles. The number of methoxy groups -OCH3 is 1. The molecule has 1 fully saturated rings. The van der Waals surface area contributed by atoms with Gasteiger partial charge in [0.25, 0.3) is 5.91 Å². The van der Waals surface area contributed by atoms with Crippen LogP contribution in [-0.4, -0.2) is 42.6 Å². The minimum atomic E-state index is -0.205. The van der Waals surface area contributed by atoms with Crippen LogP contribution in [0.1, 0.15) is 42.7 Å². The molecular weight excluding hydrogens is 362 g/mol. The zero-order valence-electron chi connectivity index (χ0n) is 16.2. The molecule has 2 aromatic rings. The molecule has 146 valence electrons. The van der Waals surface area contributed by atoms with Crippen molar-refractivity contribution in [3.8, 4) is 11.5 Å². The molecule has 1 N–H and O–H groups in total. The smallest absolute Gasteiger partial charge is 0.257 e. The molecule has 1 aromatic carbocycles. The monoisotopic (exact) mass is 389 g/mol. The summed E-state index contributed by atoms with van der Waals surface area (Å²) in [6.07, 6.45) is 2.49. The first-order chi connectivity index (χ1) is 13.1. The van der Waals surface area contributed by atoms with Crippen LogP contribution in [0.15, 0.2) is 23.6 Å². The zero-order valence-corrected chi connectivity index (χ0v) is 17.0. The minimum absolute atomic E-state index is 0.205. The van der Waals surface area contributed by atoms with Crippen LogP contribution < -0.4 is 14.8 Å². The maximum atomic E-state index is 12.5. The van der Waals surface area contributed by atoms with Crippen molar-refractivity contribution in [1.82, 2.24) is 9.88 Å². The van der Waals surface area contributed by atoms with E-state index in [1.165, 1.54) is 24.2 Å². The number of nitrogens with zero attached hydrogens (tertiary/aromatic N) is 2. The van der Waals surface area contributed by atoms with Crippen molar-refractivity contribution < 1.29 is 14.3 Å². The topological polar surface area (TPSA) is 63.7 Å². The van der Waals surface area contributed by atoms with Gasteiger partial charge < -0.3 is 9.47 Å². The SMILES string of the molecule is CCOc1ccc(C(=O)Nc2nc(CN3CCC(C)CC3)cs2)cc1OC. The van der Waals surface area contributed by atoms with Crippen LogP contribution >= 0.6 is 11.3 Å². The summed E-state index contributed by atoms with van der Waals surface area (Å²) in [5.41, 5.74) is 1.52. The van der Waals surface area contributed by atoms with E-state index < -0.39 is 0 Å². The maximum absolute atomic E-state index is 12.5. The Hall–Kier alpha value is -2.12. The maximum Gasteiger partial charge on any atom is 0.257 e. The number of benzene rings is 1. The van der Waals surface area contributed by atoms with Crippen molar-refractivity contribution in [3.05, 3.63) is 34.8 Å². The van der Waals surface area contributed by atoms with Gasteiger partial charge in [-0.1, -0.05) is 6.92 Å². The van der Waals surface area contributed by atoms with Gasteiger partial charge in [0.1, 0.15) is 0 Å². The van der Waals surface area contributed by atoms with Crippen molar-refractivity contribution >= 4 is 22.4 Å². The summed E-state index contributed by atoms with van der Waals surface area (Å²) in [6, 6.07) is 5.16. The van der Waals surface area contributed by atoms with Gasteiger partial charge in [-0.05, 0) is 57.0 Å². The highest BCUT2D eigenvalue weighted by Crippen LogP contribution is 2.28. The van der Waals surface area contributed by atoms with E-state index in [9.17, 15) is 4.79 Å². The van der Waals surface area contributed by atoms with Crippen molar-refractivity contribution in [3.63, 3.8) is 0 Å². The number of carbonyl (C=O) groups excluding carboxylic acids is 1. The number of aromatic nitrogens is 1. The van der Waals surface area contributed by atoms with E-state index in [4.69, 9.17) is 9.47 Å². The number of anilines is 1. The van der Waals surface area contributed by atoms with Crippen molar-refractivity contribution in [1.29, 1.82) is 0 Å². The Morgan fingerprint density at radius 2 is 2.11 bits per heavy atom. The highest BCUT2D eigenvalue weighted by atomic mass is 32.1. The number of ether oxygens (including phenoxy) is 2. The largest absolute Gasteiger partial charge is 0.493 e. The van der Waals surface area contributed by atoms with E-state index in [1.807, 2.05) is 12.3 Å². The third-order valence-corrected chi connectivity index (χ3v) is 5.57. The van der Waals surface area contributed by atoms with Gasteiger partial charge in [-0.2, -0.15) is 0 Å². The van der Waals surface area contributed by atoms with Gasteiger partial charge in [0.15, 0.2) is 16.6 Å². The van der Waals surface area contributed by atoms with Crippen LogP contribution in [0.2, 0.25) is 0 Å². The van der Waals surface area contributed by atoms with Gasteiger partial charge >= 0.3 is 0 Å². The Morgan fingerprint density at radius 1 is 1.33 bits per heavy atom. The average molecular weight is 390 g/mol. The number of likely N-dealkylation sites (tertiary alicyclic amines) is 1. The summed E-state index contributed by atoms with van der Waals surface area (Å²) in [5, 5.41) is 5.52. The molecule has 27 heavy (non-hydrogen) atoms. The number of rotatable bonds is 7. The Labute approximate surface area is 164 Å². The van der Waals surface area contributed by atoms with Gasteiger partial charge in [-0.15, -0.1) is 11.3 Å². The van der Waals surface area contributed by atoms with E-state index in [-0.39, 0.29) is 5.91 Å². The molecule has 0 unspecified atom stereocenters. The van der Waals surface area contributed by atoms with Crippen LogP contribution in [0.25, 0.3) is 0 Å². The standard InChI is InChI=1S/C20H27N3O3S/c1-4-26-17-6-5-15(11-18(17)25-3)19(24)22-20-21-16(13-27-20)12-23-9-7-14(2)8-10-23/h5-6,11,13-14H,4,7-10,12H2,1-3H3,(H,21,22,24). The molecule has 7 heteroatoms. The van der Waals surface area contributed by atoms with Crippen LogP contribution in [0, 0.1) is 5.92 Å². The molecule has 1 aliphatic rings. The van der Waals surface area contributed by atoms with Gasteiger partial charge in [0, 0.05) is 17.5 Å². The number of amides is 1. The molecule has 6 nitrogen and oxygen atoms in total. The molecule has 0 aliphatic carbocycles. The summed E-state index contributed by atoms with van der Waals surface area (Å²) < 4.78 is 10.8. The summed E-state index contributed by atoms with van der Waals surface area (Å²) in [4.78, 5) is 19.5. The van der Waals surface area contributed by atoms with Gasteiger partial charge in [-0.25, -0.2) is 4.98 Å². The van der Waals surface area contributed by atoms with Crippen LogP contribution in [0.5, 0.6) is 11.5 Å². The lowest BCUT2D eigenvalue weighted by atomic mass is 9.99. The van der Waals surface area contributed by atoms with Crippen LogP contribution in [0.4, 0.5) is 5.13 Å². The summed E-state index contributed by atoms with van der Waals surface area (Å²) in [6.45, 7) is 7.84. The molecular formula is C20H27N3O3S. The molecule has 0 radical (unpaired) electrons. The summed E-state index contributed by atoms with van der Waals surface area (Å²) >= 11 is 1.46. The van der Waals surface area contributed by atoms with E-state index in [0.717, 1.165) is 31.2 Å². The highest BCUT2D eigenvalue weighted by molar-refractivity contribution is 7.13. The second kappa shape index (κ2) is 9.19. The third kappa shape index (κ3) is 5.20. The lowest BCUT2D eigenvalue weighted by Gasteiger charge is -2.29. The fourth-order valence-corrected chi connectivity index (χ4v) is 3.84. The number of hydrogen-bond acceptors (Lipinski definition) is 6. The van der Waals surface area contributed by atoms with E-state index in [2.05, 4.69) is 22.1 Å². The Balaban J connectivity index is 1.60. The number of nitrogens with one attached hydrogen (secondary N) is 1. The number of thiazole rings is 1. The molecule has 0 spiro atoms. The molecule has 0 atom stereocenters. The van der Waals surface area contributed by atoms with E-state index in [1.54, 1.807) is 25.3 Å². The van der Waals surface area contributed by atoms with Crippen molar-refractivity contribution in [2.75, 3.05) is 32.1 Å². The molecule has 1 saturated heterocycles. The minimum Gasteiger partial charge on any atom is -0.493 e. The van der Waals surface area contributed by atoms with Crippen LogP contribution in [0.3, 0.4) is 0 Å². The first-order valence-electron chi connectivity index (χ1n) is 9.38. The first kappa shape index (κ1) is 19.6. The van der Waals surface area contributed by atoms with E-state index >= 15 is 0 Å². The number of piperidine rings is 1. The zero-order chi connectivity index (χ0) is 19.2. The molecule has 3 rings (SSSR count). The average Bonchev–Trinajstić information content (AvgIpc) is 3.11. The second-order valence-electron chi connectivity index (χ2n) is 6.86. The second-order valence-corrected chi connectivity index (χ2v) is 7.71. The predicted octanol–water partition coefficient (Wildman–Crippen LogP) is 4.03. The molecule has 0 bridgehead atoms. The quantitative estimate of drug-likeness (QED) is 0.774. The number of carbonyl (C=O) groups is 1. The first-order valence-corrected chi connectivity index (χ1v) is 10.3. The lowest BCUT2D eigenvalue weighted by Crippen LogP contribution is -2.32. The van der Waals surface area contributed by atoms with E-state index in [0.29, 0.717) is 28.8 Å². The van der Waals surface area contributed by atoms with Crippen molar-refractivity contribution in [2.24, 2.45) is 5.92 Å². The lowest BCUT2D eigenvalue weighted by molar-refractivity contribution is 0.102. The molecule has 1 amide bonds. The predicted molar refractivity (Wildman–Crippen MR) is 108 cm³/mol. The Kier molecular flexibility index (Phi) is 6.68. The molecule has 2 heterocycles. The molecule has 1 aliphatic heterocycles. The van der Waals surface area contributed by atoms with Crippen LogP contribution in [-0.2, 0) is 6.54 Å². The van der Waals surface area contributed by atoms with Crippen molar-refractivity contribution in [2.45, 2.75) is 33.2 Å². The van der Waals surface area contributed by atoms with Gasteiger partial charge in [0.05, 0.1) is 19.4 Å². The van der Waals surface area contributed by atoms with Gasteiger partial charge in [0.2, 0.25) is 0 Å².